The number of rotatable bonds is 5. The van der Waals surface area contributed by atoms with E-state index in [4.69, 9.17) is 4.74 Å². The third-order valence-electron chi connectivity index (χ3n) is 7.73. The van der Waals surface area contributed by atoms with E-state index in [1.54, 1.807) is 11.6 Å². The van der Waals surface area contributed by atoms with E-state index in [-0.39, 0.29) is 0 Å². The first-order valence-corrected chi connectivity index (χ1v) is 11.4. The first kappa shape index (κ1) is 19.7. The predicted octanol–water partition coefficient (Wildman–Crippen LogP) is 7.06. The van der Waals surface area contributed by atoms with E-state index >= 15 is 0 Å². The Labute approximate surface area is 170 Å². The molecule has 1 aromatic rings. The summed E-state index contributed by atoms with van der Waals surface area (Å²) in [4.78, 5) is 0. The van der Waals surface area contributed by atoms with E-state index in [9.17, 15) is 4.39 Å². The molecule has 5 unspecified atom stereocenters. The molecule has 4 rings (SSSR count). The Bertz CT molecular complexity index is 706. The van der Waals surface area contributed by atoms with Crippen LogP contribution in [0.4, 0.5) is 4.39 Å². The van der Waals surface area contributed by atoms with E-state index in [0.717, 1.165) is 35.8 Å². The number of halogens is 1. The molecule has 1 nitrogen and oxygen atoms in total. The zero-order valence-corrected chi connectivity index (χ0v) is 17.3. The lowest BCUT2D eigenvalue weighted by Gasteiger charge is -2.44. The summed E-state index contributed by atoms with van der Waals surface area (Å²) in [6.45, 7) is 2.68. The molecule has 28 heavy (non-hydrogen) atoms. The van der Waals surface area contributed by atoms with Crippen LogP contribution in [-0.2, 0) is 12.8 Å². The van der Waals surface area contributed by atoms with E-state index in [1.165, 1.54) is 63.4 Å². The zero-order chi connectivity index (χ0) is 19.3. The number of hydrogen-bond acceptors (Lipinski definition) is 1. The summed E-state index contributed by atoms with van der Waals surface area (Å²) in [6.07, 6.45) is 18.3. The highest BCUT2D eigenvalue weighted by Gasteiger charge is 2.38. The summed E-state index contributed by atoms with van der Waals surface area (Å²) < 4.78 is 18.4. The number of fused-ring (bicyclic) bond motifs is 2. The Kier molecular flexibility index (Phi) is 6.54. The smallest absolute Gasteiger partial charge is 0.120 e. The molecule has 0 aromatic heterocycles. The molecule has 3 aliphatic rings. The normalized spacial score (nSPS) is 33.0. The van der Waals surface area contributed by atoms with Gasteiger partial charge in [-0.3, -0.25) is 0 Å². The van der Waals surface area contributed by atoms with Gasteiger partial charge in [0, 0.05) is 0 Å². The number of benzene rings is 1. The fourth-order valence-electron chi connectivity index (χ4n) is 6.16. The van der Waals surface area contributed by atoms with Crippen LogP contribution in [-0.4, -0.2) is 6.61 Å². The first-order valence-electron chi connectivity index (χ1n) is 11.4. The molecule has 0 amide bonds. The second-order valence-corrected chi connectivity index (χ2v) is 9.30. The van der Waals surface area contributed by atoms with Crippen LogP contribution in [0.1, 0.15) is 63.0 Å². The van der Waals surface area contributed by atoms with E-state index in [2.05, 4.69) is 18.2 Å². The quantitative estimate of drug-likeness (QED) is 0.495. The Balaban J connectivity index is 1.34. The average Bonchev–Trinajstić information content (AvgIpc) is 2.73. The molecule has 0 aliphatic heterocycles. The van der Waals surface area contributed by atoms with Crippen molar-refractivity contribution in [3.8, 4) is 5.75 Å². The minimum absolute atomic E-state index is 0.494. The van der Waals surface area contributed by atoms with Gasteiger partial charge in [0.15, 0.2) is 0 Å². The van der Waals surface area contributed by atoms with Crippen LogP contribution in [0.5, 0.6) is 5.75 Å². The van der Waals surface area contributed by atoms with Crippen molar-refractivity contribution >= 4 is 0 Å². The standard InChI is InChI=1S/C26H35FO/c1-2-3-14-28-26-11-10-24-17-23(8-9-25(24)18-26)22-7-6-20-15-19(12-13-27)4-5-21(20)16-22/h2-3,10-13,18-23H,4-9,14-17H2,1H3/b3-2+,13-12+. The van der Waals surface area contributed by atoms with Crippen molar-refractivity contribution in [2.45, 2.75) is 64.7 Å². The van der Waals surface area contributed by atoms with Crippen LogP contribution in [0.25, 0.3) is 0 Å². The average molecular weight is 383 g/mol. The zero-order valence-electron chi connectivity index (χ0n) is 17.3. The van der Waals surface area contributed by atoms with Crippen LogP contribution >= 0.6 is 0 Å². The Morgan fingerprint density at radius 1 is 0.964 bits per heavy atom. The van der Waals surface area contributed by atoms with Crippen LogP contribution in [0.15, 0.2) is 42.8 Å². The molecule has 0 heterocycles. The second-order valence-electron chi connectivity index (χ2n) is 9.30. The van der Waals surface area contributed by atoms with Crippen molar-refractivity contribution in [3.05, 3.63) is 53.9 Å². The van der Waals surface area contributed by atoms with Crippen molar-refractivity contribution in [3.63, 3.8) is 0 Å². The first-order chi connectivity index (χ1) is 13.8. The number of allylic oxidation sites excluding steroid dienone is 2. The van der Waals surface area contributed by atoms with E-state index < -0.39 is 0 Å². The number of ether oxygens (including phenoxy) is 1. The summed E-state index contributed by atoms with van der Waals surface area (Å²) in [5, 5.41) is 0. The lowest BCUT2D eigenvalue weighted by atomic mass is 9.61. The fraction of sp³-hybridized carbons (Fsp3) is 0.615. The van der Waals surface area contributed by atoms with Gasteiger partial charge < -0.3 is 4.74 Å². The third kappa shape index (κ3) is 4.53. The highest BCUT2D eigenvalue weighted by molar-refractivity contribution is 5.37. The van der Waals surface area contributed by atoms with Crippen LogP contribution in [0, 0.1) is 29.6 Å². The largest absolute Gasteiger partial charge is 0.490 e. The van der Waals surface area contributed by atoms with Crippen LogP contribution in [0.2, 0.25) is 0 Å². The summed E-state index contributed by atoms with van der Waals surface area (Å²) in [5.74, 6) is 4.99. The topological polar surface area (TPSA) is 9.23 Å². The molecule has 2 heteroatoms. The van der Waals surface area contributed by atoms with Gasteiger partial charge in [-0.2, -0.15) is 0 Å². The molecule has 2 fully saturated rings. The van der Waals surface area contributed by atoms with Gasteiger partial charge in [0.1, 0.15) is 12.4 Å². The summed E-state index contributed by atoms with van der Waals surface area (Å²) in [5.41, 5.74) is 3.05. The minimum atomic E-state index is 0.494. The molecule has 1 aromatic carbocycles. The summed E-state index contributed by atoms with van der Waals surface area (Å²) in [6, 6.07) is 6.74. The van der Waals surface area contributed by atoms with Gasteiger partial charge in [-0.25, -0.2) is 4.39 Å². The Morgan fingerprint density at radius 2 is 1.75 bits per heavy atom. The Hall–Kier alpha value is -1.57. The van der Waals surface area contributed by atoms with Gasteiger partial charge in [0.2, 0.25) is 0 Å². The SMILES string of the molecule is C/C=C/COc1ccc2c(c1)CCC(C1CCC3CC(/C=C/F)CCC3C1)C2. The highest BCUT2D eigenvalue weighted by Crippen LogP contribution is 2.48. The maximum Gasteiger partial charge on any atom is 0.120 e. The Morgan fingerprint density at radius 3 is 2.57 bits per heavy atom. The van der Waals surface area contributed by atoms with E-state index in [0.29, 0.717) is 12.5 Å². The van der Waals surface area contributed by atoms with Crippen molar-refractivity contribution in [2.24, 2.45) is 29.6 Å². The van der Waals surface area contributed by atoms with Gasteiger partial charge in [-0.1, -0.05) is 24.3 Å². The molecule has 0 radical (unpaired) electrons. The number of aryl methyl sites for hydroxylation is 1. The summed E-state index contributed by atoms with van der Waals surface area (Å²) >= 11 is 0. The highest BCUT2D eigenvalue weighted by atomic mass is 19.1. The van der Waals surface area contributed by atoms with Gasteiger partial charge in [0.25, 0.3) is 0 Å². The molecule has 0 spiro atoms. The molecule has 0 bridgehead atoms. The van der Waals surface area contributed by atoms with Crippen molar-refractivity contribution in [2.75, 3.05) is 6.61 Å². The molecular formula is C26H35FO. The molecular weight excluding hydrogens is 347 g/mol. The van der Waals surface area contributed by atoms with Gasteiger partial charge in [-0.15, -0.1) is 0 Å². The van der Waals surface area contributed by atoms with Gasteiger partial charge in [-0.05, 0) is 118 Å². The maximum atomic E-state index is 12.5. The number of hydrogen-bond donors (Lipinski definition) is 0. The lowest BCUT2D eigenvalue weighted by molar-refractivity contribution is 0.0809. The molecule has 0 saturated heterocycles. The predicted molar refractivity (Wildman–Crippen MR) is 114 cm³/mol. The fourth-order valence-corrected chi connectivity index (χ4v) is 6.16. The monoisotopic (exact) mass is 382 g/mol. The maximum absolute atomic E-state index is 12.5. The minimum Gasteiger partial charge on any atom is -0.490 e. The molecule has 2 saturated carbocycles. The van der Waals surface area contributed by atoms with Crippen LogP contribution < -0.4 is 4.74 Å². The second kappa shape index (κ2) is 9.29. The molecule has 152 valence electrons. The lowest BCUT2D eigenvalue weighted by Crippen LogP contribution is -2.34. The van der Waals surface area contributed by atoms with Crippen molar-refractivity contribution < 1.29 is 9.13 Å². The molecule has 3 aliphatic carbocycles. The molecule has 5 atom stereocenters. The van der Waals surface area contributed by atoms with Crippen molar-refractivity contribution in [1.29, 1.82) is 0 Å². The molecule has 0 N–H and O–H groups in total. The van der Waals surface area contributed by atoms with Gasteiger partial charge in [0.05, 0.1) is 6.33 Å². The van der Waals surface area contributed by atoms with Crippen molar-refractivity contribution in [1.82, 2.24) is 0 Å². The van der Waals surface area contributed by atoms with Crippen LogP contribution in [0.3, 0.4) is 0 Å². The van der Waals surface area contributed by atoms with Gasteiger partial charge >= 0.3 is 0 Å². The summed E-state index contributed by atoms with van der Waals surface area (Å²) in [7, 11) is 0. The third-order valence-corrected chi connectivity index (χ3v) is 7.73. The van der Waals surface area contributed by atoms with E-state index in [1.807, 2.05) is 19.1 Å².